The van der Waals surface area contributed by atoms with E-state index in [2.05, 4.69) is 31.5 Å². The van der Waals surface area contributed by atoms with Crippen LogP contribution in [0.5, 0.6) is 0 Å². The molecule has 10 heteroatoms. The van der Waals surface area contributed by atoms with Gasteiger partial charge in [-0.1, -0.05) is 18.2 Å². The first-order chi connectivity index (χ1) is 14.4. The van der Waals surface area contributed by atoms with Crippen molar-refractivity contribution >= 4 is 56.2 Å². The van der Waals surface area contributed by atoms with Crippen molar-refractivity contribution in [3.8, 4) is 0 Å². The number of urea groups is 1. The molecular formula is C20H19BrN6O3. The van der Waals surface area contributed by atoms with Gasteiger partial charge >= 0.3 is 12.1 Å². The molecule has 0 bridgehead atoms. The molecular weight excluding hydrogens is 452 g/mol. The first-order valence-electron chi connectivity index (χ1n) is 9.33. The van der Waals surface area contributed by atoms with E-state index in [1.165, 1.54) is 15.7 Å². The number of aromatic nitrogens is 2. The maximum atomic E-state index is 12.9. The Hall–Kier alpha value is -3.40. The van der Waals surface area contributed by atoms with Crippen molar-refractivity contribution in [2.45, 2.75) is 18.9 Å². The molecule has 3 heterocycles. The zero-order chi connectivity index (χ0) is 21.3. The van der Waals surface area contributed by atoms with Crippen LogP contribution in [-0.4, -0.2) is 45.0 Å². The second kappa shape index (κ2) is 8.15. The summed E-state index contributed by atoms with van der Waals surface area (Å²) in [5, 5.41) is 6.31. The Bertz CT molecular complexity index is 1140. The number of carbonyl (C=O) groups is 3. The van der Waals surface area contributed by atoms with E-state index in [0.29, 0.717) is 41.7 Å². The van der Waals surface area contributed by atoms with Crippen molar-refractivity contribution < 1.29 is 14.4 Å². The van der Waals surface area contributed by atoms with E-state index < -0.39 is 18.1 Å². The fourth-order valence-electron chi connectivity index (χ4n) is 3.64. The molecule has 1 saturated heterocycles. The molecule has 4 N–H and O–H groups in total. The lowest BCUT2D eigenvalue weighted by atomic mass is 10.2. The van der Waals surface area contributed by atoms with E-state index in [0.717, 1.165) is 4.47 Å². The third-order valence-electron chi connectivity index (χ3n) is 4.98. The predicted molar refractivity (Wildman–Crippen MR) is 116 cm³/mol. The number of nitrogens with one attached hydrogen (secondary N) is 2. The Morgan fingerprint density at radius 1 is 1.17 bits per heavy atom. The fraction of sp³-hybridized carbons (Fsp3) is 0.200. The highest BCUT2D eigenvalue weighted by Crippen LogP contribution is 2.27. The van der Waals surface area contributed by atoms with Crippen LogP contribution in [0.2, 0.25) is 0 Å². The first-order valence-corrected chi connectivity index (χ1v) is 10.1. The van der Waals surface area contributed by atoms with Gasteiger partial charge in [-0.2, -0.15) is 0 Å². The SMILES string of the molecule is NC(=O)n1cc(NC(=O)N2CCC[C@H]2C(=O)Nc2cncc(Br)c2)c2ccccc21. The number of nitrogens with two attached hydrogens (primary N) is 1. The number of carbonyl (C=O) groups excluding carboxylic acids is 3. The lowest BCUT2D eigenvalue weighted by Crippen LogP contribution is -2.45. The summed E-state index contributed by atoms with van der Waals surface area (Å²) < 4.78 is 2.02. The number of hydrogen-bond acceptors (Lipinski definition) is 4. The van der Waals surface area contributed by atoms with E-state index in [-0.39, 0.29) is 5.91 Å². The Morgan fingerprint density at radius 3 is 2.73 bits per heavy atom. The predicted octanol–water partition coefficient (Wildman–Crippen LogP) is 3.36. The molecule has 1 fully saturated rings. The van der Waals surface area contributed by atoms with Crippen LogP contribution in [0.4, 0.5) is 21.0 Å². The highest BCUT2D eigenvalue weighted by atomic mass is 79.9. The number of rotatable bonds is 3. The number of hydrogen-bond donors (Lipinski definition) is 3. The summed E-state index contributed by atoms with van der Waals surface area (Å²) in [6, 6.07) is 7.20. The lowest BCUT2D eigenvalue weighted by Gasteiger charge is -2.24. The van der Waals surface area contributed by atoms with Gasteiger partial charge in [-0.25, -0.2) is 9.59 Å². The summed E-state index contributed by atoms with van der Waals surface area (Å²) in [6.07, 6.45) is 5.92. The second-order valence-corrected chi connectivity index (χ2v) is 7.85. The number of anilines is 2. The molecule has 1 aromatic carbocycles. The molecule has 1 aliphatic heterocycles. The average Bonchev–Trinajstić information content (AvgIpc) is 3.34. The standard InChI is InChI=1S/C20H19BrN6O3/c21-12-8-13(10-23-9-12)24-18(28)17-6-3-7-26(17)20(30)25-15-11-27(19(22)29)16-5-2-1-4-14(15)16/h1-2,4-5,8-11,17H,3,6-7H2,(H2,22,29)(H,24,28)(H,25,30)/t17-/m0/s1. The van der Waals surface area contributed by atoms with Gasteiger partial charge in [0.25, 0.3) is 0 Å². The molecule has 4 amide bonds. The van der Waals surface area contributed by atoms with Crippen LogP contribution in [0, 0.1) is 0 Å². The maximum Gasteiger partial charge on any atom is 0.323 e. The molecule has 2 aromatic heterocycles. The lowest BCUT2D eigenvalue weighted by molar-refractivity contribution is -0.119. The van der Waals surface area contributed by atoms with E-state index in [9.17, 15) is 14.4 Å². The summed E-state index contributed by atoms with van der Waals surface area (Å²) in [6.45, 7) is 0.453. The summed E-state index contributed by atoms with van der Waals surface area (Å²) in [4.78, 5) is 42.9. The molecule has 0 radical (unpaired) electrons. The number of halogens is 1. The number of benzene rings is 1. The summed E-state index contributed by atoms with van der Waals surface area (Å²) in [5.74, 6) is -0.276. The molecule has 3 aromatic rings. The van der Waals surface area contributed by atoms with Gasteiger partial charge < -0.3 is 21.3 Å². The van der Waals surface area contributed by atoms with Gasteiger partial charge in [0, 0.05) is 28.8 Å². The first kappa shape index (κ1) is 19.9. The Morgan fingerprint density at radius 2 is 1.97 bits per heavy atom. The molecule has 1 aliphatic rings. The van der Waals surface area contributed by atoms with Crippen molar-refractivity contribution in [2.75, 3.05) is 17.2 Å². The normalized spacial score (nSPS) is 15.9. The number of amides is 4. The van der Waals surface area contributed by atoms with Gasteiger partial charge in [0.15, 0.2) is 0 Å². The minimum Gasteiger partial charge on any atom is -0.351 e. The van der Waals surface area contributed by atoms with Crippen molar-refractivity contribution in [3.05, 3.63) is 53.4 Å². The molecule has 0 saturated carbocycles. The van der Waals surface area contributed by atoms with Crippen LogP contribution in [0.15, 0.2) is 53.4 Å². The number of primary amides is 1. The Kier molecular flexibility index (Phi) is 5.40. The van der Waals surface area contributed by atoms with Crippen LogP contribution >= 0.6 is 15.9 Å². The zero-order valence-corrected chi connectivity index (χ0v) is 17.4. The minimum absolute atomic E-state index is 0.276. The maximum absolute atomic E-state index is 12.9. The molecule has 0 spiro atoms. The van der Waals surface area contributed by atoms with Crippen LogP contribution < -0.4 is 16.4 Å². The second-order valence-electron chi connectivity index (χ2n) is 6.93. The molecule has 0 aliphatic carbocycles. The monoisotopic (exact) mass is 470 g/mol. The number of nitrogens with zero attached hydrogens (tertiary/aromatic N) is 3. The van der Waals surface area contributed by atoms with Crippen molar-refractivity contribution in [3.63, 3.8) is 0 Å². The third kappa shape index (κ3) is 3.86. The Labute approximate surface area is 180 Å². The Balaban J connectivity index is 1.52. The summed E-state index contributed by atoms with van der Waals surface area (Å²) in [7, 11) is 0. The van der Waals surface area contributed by atoms with Gasteiger partial charge in [0.05, 0.1) is 23.1 Å². The van der Waals surface area contributed by atoms with Crippen molar-refractivity contribution in [1.29, 1.82) is 0 Å². The number of fused-ring (bicyclic) bond motifs is 1. The zero-order valence-electron chi connectivity index (χ0n) is 15.8. The summed E-state index contributed by atoms with van der Waals surface area (Å²) >= 11 is 3.32. The summed E-state index contributed by atoms with van der Waals surface area (Å²) in [5.41, 5.74) is 7.03. The number of pyridine rings is 1. The third-order valence-corrected chi connectivity index (χ3v) is 5.41. The van der Waals surface area contributed by atoms with Crippen LogP contribution in [-0.2, 0) is 4.79 Å². The van der Waals surface area contributed by atoms with E-state index in [1.54, 1.807) is 42.7 Å². The molecule has 4 rings (SSSR count). The van der Waals surface area contributed by atoms with E-state index in [4.69, 9.17) is 5.73 Å². The number of likely N-dealkylation sites (tertiary alicyclic amines) is 1. The van der Waals surface area contributed by atoms with Crippen LogP contribution in [0.3, 0.4) is 0 Å². The smallest absolute Gasteiger partial charge is 0.323 e. The largest absolute Gasteiger partial charge is 0.351 e. The topological polar surface area (TPSA) is 122 Å². The quantitative estimate of drug-likeness (QED) is 0.542. The molecule has 1 atom stereocenters. The molecule has 0 unspecified atom stereocenters. The van der Waals surface area contributed by atoms with Gasteiger partial charge in [0.2, 0.25) is 5.91 Å². The average molecular weight is 471 g/mol. The highest BCUT2D eigenvalue weighted by Gasteiger charge is 2.34. The van der Waals surface area contributed by atoms with Gasteiger partial charge in [0.1, 0.15) is 6.04 Å². The van der Waals surface area contributed by atoms with E-state index >= 15 is 0 Å². The van der Waals surface area contributed by atoms with Crippen LogP contribution in [0.25, 0.3) is 10.9 Å². The minimum atomic E-state index is -0.646. The molecule has 30 heavy (non-hydrogen) atoms. The van der Waals surface area contributed by atoms with Gasteiger partial charge in [-0.05, 0) is 40.9 Å². The fourth-order valence-corrected chi connectivity index (χ4v) is 4.00. The van der Waals surface area contributed by atoms with Crippen molar-refractivity contribution in [2.24, 2.45) is 5.73 Å². The molecule has 9 nitrogen and oxygen atoms in total. The van der Waals surface area contributed by atoms with Crippen molar-refractivity contribution in [1.82, 2.24) is 14.5 Å². The number of para-hydroxylation sites is 1. The van der Waals surface area contributed by atoms with Gasteiger partial charge in [-0.3, -0.25) is 14.3 Å². The van der Waals surface area contributed by atoms with Gasteiger partial charge in [-0.15, -0.1) is 0 Å². The molecule has 154 valence electrons. The van der Waals surface area contributed by atoms with Crippen LogP contribution in [0.1, 0.15) is 12.8 Å². The van der Waals surface area contributed by atoms with E-state index in [1.807, 2.05) is 0 Å². The highest BCUT2D eigenvalue weighted by molar-refractivity contribution is 9.10.